The molecule has 0 aliphatic heterocycles. The summed E-state index contributed by atoms with van der Waals surface area (Å²) >= 11 is 0. The third kappa shape index (κ3) is 2.10. The molecule has 0 amide bonds. The minimum Gasteiger partial charge on any atom is -0.309 e. The first kappa shape index (κ1) is 13.1. The highest BCUT2D eigenvalue weighted by molar-refractivity contribution is 5.16. The molecule has 1 aromatic heterocycles. The number of aryl methyl sites for hydroxylation is 1. The first-order valence-electron chi connectivity index (χ1n) is 7.57. The van der Waals surface area contributed by atoms with Gasteiger partial charge in [-0.2, -0.15) is 0 Å². The molecule has 1 aromatic rings. The maximum atomic E-state index is 4.39. The lowest BCUT2D eigenvalue weighted by molar-refractivity contribution is 0.108. The SMILES string of the molecule is Cc1ccc(CNC2C(C)(C)[C@H]3CC[C@]2(C)C3)cn1. The number of pyridine rings is 1. The Kier molecular flexibility index (Phi) is 2.97. The van der Waals surface area contributed by atoms with Crippen molar-refractivity contribution in [3.05, 3.63) is 29.6 Å². The van der Waals surface area contributed by atoms with E-state index in [9.17, 15) is 0 Å². The number of nitrogens with zero attached hydrogens (tertiary/aromatic N) is 1. The molecule has 0 saturated heterocycles. The fraction of sp³-hybridized carbons (Fsp3) is 0.706. The number of hydrogen-bond acceptors (Lipinski definition) is 2. The summed E-state index contributed by atoms with van der Waals surface area (Å²) in [5, 5.41) is 3.84. The van der Waals surface area contributed by atoms with E-state index < -0.39 is 0 Å². The highest BCUT2D eigenvalue weighted by Crippen LogP contribution is 2.62. The second kappa shape index (κ2) is 4.31. The topological polar surface area (TPSA) is 24.9 Å². The lowest BCUT2D eigenvalue weighted by atomic mass is 9.68. The van der Waals surface area contributed by atoms with E-state index in [1.807, 2.05) is 13.1 Å². The van der Waals surface area contributed by atoms with Gasteiger partial charge in [-0.3, -0.25) is 4.98 Å². The van der Waals surface area contributed by atoms with Crippen LogP contribution in [0, 0.1) is 23.7 Å². The van der Waals surface area contributed by atoms with Gasteiger partial charge in [-0.1, -0.05) is 26.8 Å². The first-order chi connectivity index (χ1) is 8.92. The summed E-state index contributed by atoms with van der Waals surface area (Å²) in [6, 6.07) is 4.93. The van der Waals surface area contributed by atoms with Crippen molar-refractivity contribution in [2.75, 3.05) is 0 Å². The van der Waals surface area contributed by atoms with Gasteiger partial charge in [-0.15, -0.1) is 0 Å². The van der Waals surface area contributed by atoms with Crippen LogP contribution in [0.1, 0.15) is 51.3 Å². The molecule has 1 unspecified atom stereocenters. The predicted octanol–water partition coefficient (Wildman–Crippen LogP) is 3.69. The Balaban J connectivity index is 1.71. The molecule has 2 bridgehead atoms. The molecule has 1 N–H and O–H groups in total. The predicted molar refractivity (Wildman–Crippen MR) is 78.8 cm³/mol. The minimum absolute atomic E-state index is 0.436. The molecule has 3 rings (SSSR count). The highest BCUT2D eigenvalue weighted by Gasteiger charge is 2.58. The lowest BCUT2D eigenvalue weighted by Crippen LogP contribution is -2.49. The third-order valence-electron chi connectivity index (χ3n) is 5.75. The number of fused-ring (bicyclic) bond motifs is 2. The molecule has 2 heteroatoms. The first-order valence-corrected chi connectivity index (χ1v) is 7.57. The van der Waals surface area contributed by atoms with Crippen molar-refractivity contribution >= 4 is 0 Å². The second-order valence-corrected chi connectivity index (χ2v) is 7.54. The van der Waals surface area contributed by atoms with Crippen molar-refractivity contribution in [3.63, 3.8) is 0 Å². The Morgan fingerprint density at radius 1 is 1.32 bits per heavy atom. The van der Waals surface area contributed by atoms with Crippen molar-refractivity contribution in [2.24, 2.45) is 16.7 Å². The summed E-state index contributed by atoms with van der Waals surface area (Å²) in [6.07, 6.45) is 6.23. The molecule has 2 aliphatic rings. The number of rotatable bonds is 3. The van der Waals surface area contributed by atoms with Crippen LogP contribution in [0.2, 0.25) is 0 Å². The van der Waals surface area contributed by atoms with Crippen LogP contribution in [0.3, 0.4) is 0 Å². The molecule has 1 heterocycles. The van der Waals surface area contributed by atoms with Gasteiger partial charge in [-0.05, 0) is 54.6 Å². The molecule has 3 atom stereocenters. The van der Waals surface area contributed by atoms with Gasteiger partial charge in [0.25, 0.3) is 0 Å². The maximum absolute atomic E-state index is 4.39. The largest absolute Gasteiger partial charge is 0.309 e. The van der Waals surface area contributed by atoms with Crippen molar-refractivity contribution in [1.29, 1.82) is 0 Å². The molecular weight excluding hydrogens is 232 g/mol. The van der Waals surface area contributed by atoms with Crippen LogP contribution in [-0.2, 0) is 6.54 Å². The smallest absolute Gasteiger partial charge is 0.0372 e. The van der Waals surface area contributed by atoms with Crippen LogP contribution in [0.4, 0.5) is 0 Å². The van der Waals surface area contributed by atoms with Gasteiger partial charge in [0, 0.05) is 24.5 Å². The van der Waals surface area contributed by atoms with Crippen LogP contribution in [-0.4, -0.2) is 11.0 Å². The molecule has 2 fully saturated rings. The zero-order valence-electron chi connectivity index (χ0n) is 12.7. The summed E-state index contributed by atoms with van der Waals surface area (Å²) in [7, 11) is 0. The number of nitrogens with one attached hydrogen (secondary N) is 1. The van der Waals surface area contributed by atoms with Crippen molar-refractivity contribution in [2.45, 2.75) is 59.5 Å². The van der Waals surface area contributed by atoms with E-state index >= 15 is 0 Å². The Hall–Kier alpha value is -0.890. The van der Waals surface area contributed by atoms with E-state index in [0.29, 0.717) is 16.9 Å². The molecule has 0 radical (unpaired) electrons. The summed E-state index contributed by atoms with van der Waals surface area (Å²) in [5.74, 6) is 0.908. The maximum Gasteiger partial charge on any atom is 0.0372 e. The van der Waals surface area contributed by atoms with Crippen molar-refractivity contribution in [1.82, 2.24) is 10.3 Å². The van der Waals surface area contributed by atoms with E-state index in [1.165, 1.54) is 24.8 Å². The van der Waals surface area contributed by atoms with Crippen LogP contribution >= 0.6 is 0 Å². The van der Waals surface area contributed by atoms with Gasteiger partial charge in [0.2, 0.25) is 0 Å². The van der Waals surface area contributed by atoms with Crippen LogP contribution in [0.5, 0.6) is 0 Å². The molecule has 19 heavy (non-hydrogen) atoms. The number of aromatic nitrogens is 1. The average Bonchev–Trinajstić information content (AvgIpc) is 2.82. The monoisotopic (exact) mass is 258 g/mol. The Labute approximate surface area is 117 Å². The van der Waals surface area contributed by atoms with E-state index in [2.05, 4.69) is 43.2 Å². The van der Waals surface area contributed by atoms with Gasteiger partial charge in [0.05, 0.1) is 0 Å². The van der Waals surface area contributed by atoms with Crippen LogP contribution in [0.15, 0.2) is 18.3 Å². The second-order valence-electron chi connectivity index (χ2n) is 7.54. The van der Waals surface area contributed by atoms with E-state index in [4.69, 9.17) is 0 Å². The molecule has 2 saturated carbocycles. The normalized spacial score (nSPS) is 35.8. The fourth-order valence-corrected chi connectivity index (χ4v) is 4.63. The fourth-order valence-electron chi connectivity index (χ4n) is 4.63. The average molecular weight is 258 g/mol. The van der Waals surface area contributed by atoms with Crippen LogP contribution < -0.4 is 5.32 Å². The minimum atomic E-state index is 0.436. The summed E-state index contributed by atoms with van der Waals surface area (Å²) in [6.45, 7) is 10.4. The van der Waals surface area contributed by atoms with E-state index in [1.54, 1.807) is 0 Å². The summed E-state index contributed by atoms with van der Waals surface area (Å²) < 4.78 is 0. The molecule has 2 aliphatic carbocycles. The quantitative estimate of drug-likeness (QED) is 0.894. The molecule has 0 aromatic carbocycles. The third-order valence-corrected chi connectivity index (χ3v) is 5.75. The van der Waals surface area contributed by atoms with E-state index in [-0.39, 0.29) is 0 Å². The van der Waals surface area contributed by atoms with Gasteiger partial charge in [0.1, 0.15) is 0 Å². The van der Waals surface area contributed by atoms with Crippen molar-refractivity contribution in [3.8, 4) is 0 Å². The summed E-state index contributed by atoms with van der Waals surface area (Å²) in [4.78, 5) is 4.39. The molecular formula is C17H26N2. The van der Waals surface area contributed by atoms with Gasteiger partial charge < -0.3 is 5.32 Å². The summed E-state index contributed by atoms with van der Waals surface area (Å²) in [5.41, 5.74) is 3.33. The van der Waals surface area contributed by atoms with Gasteiger partial charge in [0.15, 0.2) is 0 Å². The van der Waals surface area contributed by atoms with Gasteiger partial charge in [-0.25, -0.2) is 0 Å². The standard InChI is InChI=1S/C17H26N2/c1-12-5-6-13(10-18-12)11-19-15-16(2,3)14-7-8-17(15,4)9-14/h5-6,10,14-15,19H,7-9,11H2,1-4H3/t14-,15?,17+/m0/s1. The molecule has 104 valence electrons. The zero-order chi connectivity index (χ0) is 13.7. The Morgan fingerprint density at radius 2 is 2.11 bits per heavy atom. The van der Waals surface area contributed by atoms with Gasteiger partial charge >= 0.3 is 0 Å². The Morgan fingerprint density at radius 3 is 2.68 bits per heavy atom. The Bertz CT molecular complexity index is 458. The highest BCUT2D eigenvalue weighted by atomic mass is 15.0. The lowest BCUT2D eigenvalue weighted by Gasteiger charge is -2.43. The molecule has 0 spiro atoms. The number of hydrogen-bond donors (Lipinski definition) is 1. The van der Waals surface area contributed by atoms with Crippen molar-refractivity contribution < 1.29 is 0 Å². The zero-order valence-corrected chi connectivity index (χ0v) is 12.7. The van der Waals surface area contributed by atoms with E-state index in [0.717, 1.165) is 18.2 Å². The van der Waals surface area contributed by atoms with Crippen LogP contribution in [0.25, 0.3) is 0 Å². The molecule has 2 nitrogen and oxygen atoms in total.